The maximum atomic E-state index is 11.3. The Balaban J connectivity index is 2.26. The Morgan fingerprint density at radius 2 is 2.13 bits per heavy atom. The van der Waals surface area contributed by atoms with E-state index in [0.29, 0.717) is 11.6 Å². The molecule has 1 aliphatic heterocycles. The number of nitrogens with zero attached hydrogens (tertiary/aromatic N) is 2. The van der Waals surface area contributed by atoms with Crippen molar-refractivity contribution in [1.82, 2.24) is 9.97 Å². The standard InChI is InChI=1S/C10H14ClN3O/c11-7-8-6-9(15)13-10(12-8)14-4-2-1-3-5-14/h6H,1-5,7H2,(H,12,13,15). The van der Waals surface area contributed by atoms with Gasteiger partial charge in [0.25, 0.3) is 5.56 Å². The second-order valence-electron chi connectivity index (χ2n) is 3.74. The van der Waals surface area contributed by atoms with Crippen LogP contribution in [0.5, 0.6) is 0 Å². The van der Waals surface area contributed by atoms with E-state index in [1.807, 2.05) is 0 Å². The summed E-state index contributed by atoms with van der Waals surface area (Å²) in [4.78, 5) is 20.5. The fourth-order valence-corrected chi connectivity index (χ4v) is 1.95. The van der Waals surface area contributed by atoms with Gasteiger partial charge in [0.2, 0.25) is 5.95 Å². The first kappa shape index (κ1) is 10.5. The maximum absolute atomic E-state index is 11.3. The molecule has 4 nitrogen and oxygen atoms in total. The van der Waals surface area contributed by atoms with Crippen LogP contribution in [-0.4, -0.2) is 23.1 Å². The lowest BCUT2D eigenvalue weighted by Crippen LogP contribution is -2.32. The normalized spacial score (nSPS) is 16.7. The molecule has 82 valence electrons. The van der Waals surface area contributed by atoms with Crippen LogP contribution in [0, 0.1) is 0 Å². The Bertz CT molecular complexity index is 384. The lowest BCUT2D eigenvalue weighted by atomic mass is 10.1. The van der Waals surface area contributed by atoms with Gasteiger partial charge in [-0.15, -0.1) is 11.6 Å². The number of alkyl halides is 1. The van der Waals surface area contributed by atoms with Crippen LogP contribution in [0.3, 0.4) is 0 Å². The van der Waals surface area contributed by atoms with Crippen molar-refractivity contribution >= 4 is 17.5 Å². The van der Waals surface area contributed by atoms with Crippen molar-refractivity contribution < 1.29 is 0 Å². The Hall–Kier alpha value is -1.03. The van der Waals surface area contributed by atoms with Crippen molar-refractivity contribution in [2.24, 2.45) is 0 Å². The van der Waals surface area contributed by atoms with Gasteiger partial charge in [0, 0.05) is 19.2 Å². The minimum absolute atomic E-state index is 0.124. The van der Waals surface area contributed by atoms with Crippen LogP contribution in [0.25, 0.3) is 0 Å². The third kappa shape index (κ3) is 2.50. The number of halogens is 1. The van der Waals surface area contributed by atoms with Crippen molar-refractivity contribution in [3.8, 4) is 0 Å². The van der Waals surface area contributed by atoms with E-state index in [-0.39, 0.29) is 11.4 Å². The van der Waals surface area contributed by atoms with E-state index in [1.165, 1.54) is 12.5 Å². The molecule has 0 saturated carbocycles. The van der Waals surface area contributed by atoms with Crippen molar-refractivity contribution in [3.05, 3.63) is 22.1 Å². The zero-order chi connectivity index (χ0) is 10.7. The van der Waals surface area contributed by atoms with Crippen LogP contribution in [0.1, 0.15) is 25.0 Å². The second-order valence-corrected chi connectivity index (χ2v) is 4.01. The summed E-state index contributed by atoms with van der Waals surface area (Å²) in [6, 6.07) is 1.44. The number of piperidine rings is 1. The number of aromatic nitrogens is 2. The van der Waals surface area contributed by atoms with Gasteiger partial charge >= 0.3 is 0 Å². The van der Waals surface area contributed by atoms with Crippen LogP contribution in [0.15, 0.2) is 10.9 Å². The maximum Gasteiger partial charge on any atom is 0.252 e. The number of hydrogen-bond acceptors (Lipinski definition) is 3. The highest BCUT2D eigenvalue weighted by Crippen LogP contribution is 2.14. The van der Waals surface area contributed by atoms with Gasteiger partial charge in [0.05, 0.1) is 11.6 Å². The molecule has 1 aliphatic rings. The van der Waals surface area contributed by atoms with Crippen molar-refractivity contribution in [2.45, 2.75) is 25.1 Å². The van der Waals surface area contributed by atoms with Gasteiger partial charge in [0.15, 0.2) is 0 Å². The molecule has 1 aromatic rings. The second kappa shape index (κ2) is 4.66. The molecule has 0 spiro atoms. The molecule has 2 rings (SSSR count). The van der Waals surface area contributed by atoms with E-state index in [0.717, 1.165) is 25.9 Å². The van der Waals surface area contributed by atoms with E-state index in [9.17, 15) is 4.79 Å². The molecule has 2 heterocycles. The average molecular weight is 228 g/mol. The molecule has 0 radical (unpaired) electrons. The van der Waals surface area contributed by atoms with Gasteiger partial charge in [-0.3, -0.25) is 9.78 Å². The van der Waals surface area contributed by atoms with Crippen molar-refractivity contribution in [3.63, 3.8) is 0 Å². The molecule has 15 heavy (non-hydrogen) atoms. The molecule has 0 unspecified atom stereocenters. The van der Waals surface area contributed by atoms with E-state index >= 15 is 0 Å². The molecule has 0 aliphatic carbocycles. The van der Waals surface area contributed by atoms with E-state index in [2.05, 4.69) is 14.9 Å². The largest absolute Gasteiger partial charge is 0.342 e. The van der Waals surface area contributed by atoms with Gasteiger partial charge in [-0.1, -0.05) is 0 Å². The molecule has 0 amide bonds. The van der Waals surface area contributed by atoms with Crippen molar-refractivity contribution in [2.75, 3.05) is 18.0 Å². The van der Waals surface area contributed by atoms with E-state index < -0.39 is 0 Å². The summed E-state index contributed by atoms with van der Waals surface area (Å²) < 4.78 is 0. The minimum Gasteiger partial charge on any atom is -0.342 e. The number of aromatic amines is 1. The van der Waals surface area contributed by atoms with Gasteiger partial charge in [-0.2, -0.15) is 0 Å². The quantitative estimate of drug-likeness (QED) is 0.779. The highest BCUT2D eigenvalue weighted by atomic mass is 35.5. The SMILES string of the molecule is O=c1cc(CCl)nc(N2CCCCC2)[nH]1. The summed E-state index contributed by atoms with van der Waals surface area (Å²) in [6.45, 7) is 1.93. The average Bonchev–Trinajstić information content (AvgIpc) is 2.29. The van der Waals surface area contributed by atoms with Crippen molar-refractivity contribution in [1.29, 1.82) is 0 Å². The lowest BCUT2D eigenvalue weighted by molar-refractivity contribution is 0.567. The fraction of sp³-hybridized carbons (Fsp3) is 0.600. The molecule has 5 heteroatoms. The Morgan fingerprint density at radius 3 is 2.80 bits per heavy atom. The number of hydrogen-bond donors (Lipinski definition) is 1. The Labute approximate surface area is 93.3 Å². The molecule has 1 fully saturated rings. The summed E-state index contributed by atoms with van der Waals surface area (Å²) in [5.74, 6) is 0.947. The zero-order valence-corrected chi connectivity index (χ0v) is 9.26. The number of anilines is 1. The number of nitrogens with one attached hydrogen (secondary N) is 1. The summed E-state index contributed by atoms with van der Waals surface area (Å²) >= 11 is 5.68. The Kier molecular flexibility index (Phi) is 3.26. The molecule has 1 N–H and O–H groups in total. The van der Waals surface area contributed by atoms with Crippen LogP contribution >= 0.6 is 11.6 Å². The first-order valence-corrected chi connectivity index (χ1v) is 5.74. The molecule has 1 aromatic heterocycles. The predicted molar refractivity (Wildman–Crippen MR) is 60.5 cm³/mol. The molecule has 0 bridgehead atoms. The first-order valence-electron chi connectivity index (χ1n) is 5.21. The molecular weight excluding hydrogens is 214 g/mol. The van der Waals surface area contributed by atoms with Gasteiger partial charge in [0.1, 0.15) is 0 Å². The smallest absolute Gasteiger partial charge is 0.252 e. The van der Waals surface area contributed by atoms with E-state index in [1.54, 1.807) is 0 Å². The zero-order valence-electron chi connectivity index (χ0n) is 8.50. The van der Waals surface area contributed by atoms with Crippen LogP contribution < -0.4 is 10.5 Å². The lowest BCUT2D eigenvalue weighted by Gasteiger charge is -2.27. The first-order chi connectivity index (χ1) is 7.29. The highest BCUT2D eigenvalue weighted by molar-refractivity contribution is 6.16. The summed E-state index contributed by atoms with van der Waals surface area (Å²) in [5.41, 5.74) is 0.516. The summed E-state index contributed by atoms with van der Waals surface area (Å²) in [7, 11) is 0. The summed E-state index contributed by atoms with van der Waals surface area (Å²) in [5, 5.41) is 0. The van der Waals surface area contributed by atoms with Crippen LogP contribution in [0.2, 0.25) is 0 Å². The van der Waals surface area contributed by atoms with Gasteiger partial charge in [-0.05, 0) is 19.3 Å². The monoisotopic (exact) mass is 227 g/mol. The fourth-order valence-electron chi connectivity index (χ4n) is 1.82. The minimum atomic E-state index is -0.124. The summed E-state index contributed by atoms with van der Waals surface area (Å²) in [6.07, 6.45) is 3.58. The Morgan fingerprint density at radius 1 is 1.40 bits per heavy atom. The van der Waals surface area contributed by atoms with Crippen LogP contribution in [0.4, 0.5) is 5.95 Å². The molecular formula is C10H14ClN3O. The molecule has 1 saturated heterocycles. The third-order valence-electron chi connectivity index (χ3n) is 2.57. The third-order valence-corrected chi connectivity index (χ3v) is 2.85. The number of H-pyrrole nitrogens is 1. The highest BCUT2D eigenvalue weighted by Gasteiger charge is 2.13. The van der Waals surface area contributed by atoms with Gasteiger partial charge < -0.3 is 4.90 Å². The molecule has 0 atom stereocenters. The van der Waals surface area contributed by atoms with E-state index in [4.69, 9.17) is 11.6 Å². The predicted octanol–water partition coefficient (Wildman–Crippen LogP) is 1.50. The number of rotatable bonds is 2. The van der Waals surface area contributed by atoms with Crippen LogP contribution in [-0.2, 0) is 5.88 Å². The topological polar surface area (TPSA) is 49.0 Å². The van der Waals surface area contributed by atoms with Gasteiger partial charge in [-0.25, -0.2) is 4.98 Å². The molecule has 0 aromatic carbocycles.